The third-order valence-electron chi connectivity index (χ3n) is 4.59. The Labute approximate surface area is 165 Å². The zero-order valence-corrected chi connectivity index (χ0v) is 16.5. The van der Waals surface area contributed by atoms with Crippen LogP contribution in [-0.4, -0.2) is 49.1 Å². The first-order chi connectivity index (χ1) is 13.4. The van der Waals surface area contributed by atoms with Crippen LogP contribution in [0, 0.1) is 13.8 Å². The van der Waals surface area contributed by atoms with Crippen molar-refractivity contribution in [2.24, 2.45) is 0 Å². The fourth-order valence-corrected chi connectivity index (χ4v) is 3.21. The van der Waals surface area contributed by atoms with Gasteiger partial charge in [-0.05, 0) is 56.2 Å². The first kappa shape index (κ1) is 19.9. The molecule has 3 rings (SSSR count). The monoisotopic (exact) mass is 382 g/mol. The largest absolute Gasteiger partial charge is 0.481 e. The van der Waals surface area contributed by atoms with Gasteiger partial charge in [-0.2, -0.15) is 0 Å². The molecule has 1 aliphatic rings. The van der Waals surface area contributed by atoms with Crippen molar-refractivity contribution in [2.45, 2.75) is 26.9 Å². The highest BCUT2D eigenvalue weighted by Crippen LogP contribution is 2.21. The molecule has 2 aromatic rings. The Balaban J connectivity index is 1.70. The number of hydrogen-bond acceptors (Lipinski definition) is 4. The summed E-state index contributed by atoms with van der Waals surface area (Å²) in [4.78, 5) is 27.2. The fraction of sp³-hybridized carbons (Fsp3) is 0.364. The fourth-order valence-electron chi connectivity index (χ4n) is 3.21. The molecule has 0 aromatic heterocycles. The highest BCUT2D eigenvalue weighted by molar-refractivity contribution is 6.04. The molecule has 2 aromatic carbocycles. The highest BCUT2D eigenvalue weighted by Gasteiger charge is 2.23. The molecule has 6 nitrogen and oxygen atoms in total. The number of anilines is 1. The van der Waals surface area contributed by atoms with Gasteiger partial charge in [0.15, 0.2) is 6.10 Å². The van der Waals surface area contributed by atoms with E-state index in [0.717, 1.165) is 11.1 Å². The summed E-state index contributed by atoms with van der Waals surface area (Å²) in [7, 11) is 0. The molecule has 0 saturated carbocycles. The van der Waals surface area contributed by atoms with Gasteiger partial charge in [-0.15, -0.1) is 0 Å². The van der Waals surface area contributed by atoms with Crippen molar-refractivity contribution in [2.75, 3.05) is 31.6 Å². The van der Waals surface area contributed by atoms with Crippen LogP contribution in [0.3, 0.4) is 0 Å². The molecule has 1 atom stereocenters. The molecule has 0 unspecified atom stereocenters. The van der Waals surface area contributed by atoms with Crippen LogP contribution in [0.25, 0.3) is 0 Å². The van der Waals surface area contributed by atoms with Gasteiger partial charge in [0.2, 0.25) is 0 Å². The molecule has 2 amide bonds. The molecule has 1 N–H and O–H groups in total. The first-order valence-electron chi connectivity index (χ1n) is 9.46. The molecule has 1 aliphatic heterocycles. The summed E-state index contributed by atoms with van der Waals surface area (Å²) >= 11 is 0. The van der Waals surface area contributed by atoms with E-state index in [4.69, 9.17) is 9.47 Å². The lowest BCUT2D eigenvalue weighted by Crippen LogP contribution is -2.41. The number of aryl methyl sites for hydroxylation is 2. The van der Waals surface area contributed by atoms with Crippen molar-refractivity contribution in [3.63, 3.8) is 0 Å². The summed E-state index contributed by atoms with van der Waals surface area (Å²) in [5.41, 5.74) is 3.10. The van der Waals surface area contributed by atoms with Gasteiger partial charge in [-0.25, -0.2) is 0 Å². The number of morpholine rings is 1. The minimum atomic E-state index is -0.701. The quantitative estimate of drug-likeness (QED) is 0.862. The van der Waals surface area contributed by atoms with Crippen molar-refractivity contribution in [3.8, 4) is 5.75 Å². The Morgan fingerprint density at radius 3 is 2.39 bits per heavy atom. The number of amides is 2. The van der Waals surface area contributed by atoms with Crippen molar-refractivity contribution in [3.05, 3.63) is 59.2 Å². The molecule has 0 radical (unpaired) electrons. The van der Waals surface area contributed by atoms with Gasteiger partial charge in [0, 0.05) is 13.1 Å². The van der Waals surface area contributed by atoms with Gasteiger partial charge in [0.25, 0.3) is 11.8 Å². The van der Waals surface area contributed by atoms with E-state index in [9.17, 15) is 9.59 Å². The Kier molecular flexibility index (Phi) is 6.31. The highest BCUT2D eigenvalue weighted by atomic mass is 16.5. The van der Waals surface area contributed by atoms with Crippen LogP contribution in [0.15, 0.2) is 42.5 Å². The smallest absolute Gasteiger partial charge is 0.265 e. The molecule has 0 bridgehead atoms. The van der Waals surface area contributed by atoms with E-state index in [1.54, 1.807) is 36.1 Å². The summed E-state index contributed by atoms with van der Waals surface area (Å²) in [5, 5.41) is 2.84. The summed E-state index contributed by atoms with van der Waals surface area (Å²) in [6.07, 6.45) is -0.701. The second-order valence-electron chi connectivity index (χ2n) is 7.02. The van der Waals surface area contributed by atoms with Crippen molar-refractivity contribution in [1.29, 1.82) is 0 Å². The third kappa shape index (κ3) is 4.89. The van der Waals surface area contributed by atoms with Crippen molar-refractivity contribution >= 4 is 17.5 Å². The number of nitrogens with zero attached hydrogens (tertiary/aromatic N) is 1. The summed E-state index contributed by atoms with van der Waals surface area (Å²) in [6, 6.07) is 12.9. The lowest BCUT2D eigenvalue weighted by molar-refractivity contribution is -0.122. The maximum Gasteiger partial charge on any atom is 0.265 e. The summed E-state index contributed by atoms with van der Waals surface area (Å²) in [6.45, 7) is 7.82. The van der Waals surface area contributed by atoms with E-state index < -0.39 is 6.10 Å². The van der Waals surface area contributed by atoms with Gasteiger partial charge in [-0.3, -0.25) is 9.59 Å². The molecule has 6 heteroatoms. The van der Waals surface area contributed by atoms with Crippen LogP contribution < -0.4 is 10.1 Å². The molecular formula is C22H26N2O4. The number of rotatable bonds is 5. The molecular weight excluding hydrogens is 356 g/mol. The minimum absolute atomic E-state index is 0.109. The maximum absolute atomic E-state index is 12.8. The summed E-state index contributed by atoms with van der Waals surface area (Å²) in [5.74, 6) is 0.237. The number of ether oxygens (including phenoxy) is 2. The van der Waals surface area contributed by atoms with E-state index in [0.29, 0.717) is 43.3 Å². The molecule has 0 spiro atoms. The van der Waals surface area contributed by atoms with Crippen LogP contribution in [0.5, 0.6) is 5.75 Å². The number of carbonyl (C=O) groups is 2. The van der Waals surface area contributed by atoms with E-state index in [1.165, 1.54) is 0 Å². The van der Waals surface area contributed by atoms with Gasteiger partial charge in [0.1, 0.15) is 5.75 Å². The first-order valence-corrected chi connectivity index (χ1v) is 9.46. The normalized spacial score (nSPS) is 15.0. The van der Waals surface area contributed by atoms with Crippen LogP contribution in [0.2, 0.25) is 0 Å². The standard InChI is InChI=1S/C22H26N2O4/c1-15-12-16(2)14-18(13-15)28-17(3)21(25)23-20-7-5-4-6-19(20)22(26)24-8-10-27-11-9-24/h4-7,12-14,17H,8-11H2,1-3H3,(H,23,25)/t17-/m0/s1. The maximum atomic E-state index is 12.8. The van der Waals surface area contributed by atoms with Crippen molar-refractivity contribution < 1.29 is 19.1 Å². The molecule has 0 aliphatic carbocycles. The SMILES string of the molecule is Cc1cc(C)cc(O[C@@H](C)C(=O)Nc2ccccc2C(=O)N2CCOCC2)c1. The molecule has 28 heavy (non-hydrogen) atoms. The topological polar surface area (TPSA) is 67.9 Å². The Bertz CT molecular complexity index is 839. The second-order valence-corrected chi connectivity index (χ2v) is 7.02. The summed E-state index contributed by atoms with van der Waals surface area (Å²) < 4.78 is 11.1. The molecule has 1 heterocycles. The Morgan fingerprint density at radius 1 is 1.07 bits per heavy atom. The average Bonchev–Trinajstić information content (AvgIpc) is 2.67. The second kappa shape index (κ2) is 8.89. The Hall–Kier alpha value is -2.86. The van der Waals surface area contributed by atoms with Crippen molar-refractivity contribution in [1.82, 2.24) is 4.90 Å². The zero-order chi connectivity index (χ0) is 20.1. The van der Waals surface area contributed by atoms with Crippen LogP contribution in [0.4, 0.5) is 5.69 Å². The van der Waals surface area contributed by atoms with Crippen LogP contribution >= 0.6 is 0 Å². The lowest BCUT2D eigenvalue weighted by atomic mass is 10.1. The minimum Gasteiger partial charge on any atom is -0.481 e. The average molecular weight is 382 g/mol. The van der Waals surface area contributed by atoms with E-state index in [2.05, 4.69) is 5.32 Å². The number of hydrogen-bond donors (Lipinski definition) is 1. The molecule has 148 valence electrons. The van der Waals surface area contributed by atoms with Gasteiger partial charge in [0.05, 0.1) is 24.5 Å². The Morgan fingerprint density at radius 2 is 1.71 bits per heavy atom. The van der Waals surface area contributed by atoms with E-state index in [1.807, 2.05) is 32.0 Å². The van der Waals surface area contributed by atoms with Gasteiger partial charge >= 0.3 is 0 Å². The van der Waals surface area contributed by atoms with Gasteiger partial charge < -0.3 is 19.7 Å². The number of benzene rings is 2. The van der Waals surface area contributed by atoms with E-state index in [-0.39, 0.29) is 11.8 Å². The van der Waals surface area contributed by atoms with Crippen LogP contribution in [-0.2, 0) is 9.53 Å². The molecule has 1 fully saturated rings. The predicted octanol–water partition coefficient (Wildman–Crippen LogP) is 3.18. The van der Waals surface area contributed by atoms with Crippen LogP contribution in [0.1, 0.15) is 28.4 Å². The number of carbonyl (C=O) groups excluding carboxylic acids is 2. The number of para-hydroxylation sites is 1. The number of nitrogens with one attached hydrogen (secondary N) is 1. The molecule has 1 saturated heterocycles. The van der Waals surface area contributed by atoms with E-state index >= 15 is 0 Å². The predicted molar refractivity (Wildman–Crippen MR) is 108 cm³/mol. The van der Waals surface area contributed by atoms with Gasteiger partial charge in [-0.1, -0.05) is 18.2 Å². The zero-order valence-electron chi connectivity index (χ0n) is 16.5. The lowest BCUT2D eigenvalue weighted by Gasteiger charge is -2.27. The third-order valence-corrected chi connectivity index (χ3v) is 4.59.